The zero-order valence-corrected chi connectivity index (χ0v) is 12.1. The van der Waals surface area contributed by atoms with Gasteiger partial charge in [-0.15, -0.1) is 0 Å². The van der Waals surface area contributed by atoms with Crippen LogP contribution < -0.4 is 0 Å². The number of carbonyl (C=O) groups excluding carboxylic acids is 1. The lowest BCUT2D eigenvalue weighted by Crippen LogP contribution is -2.26. The molecule has 1 saturated carbocycles. The van der Waals surface area contributed by atoms with Crippen LogP contribution in [0.3, 0.4) is 0 Å². The SMILES string of the molecule is CCC1CCC(=O)C(Cc2c(C)nn(C)c2Cl)C1. The van der Waals surface area contributed by atoms with Gasteiger partial charge in [-0.05, 0) is 32.1 Å². The third-order valence-corrected chi connectivity index (χ3v) is 4.64. The van der Waals surface area contributed by atoms with E-state index in [2.05, 4.69) is 12.0 Å². The Morgan fingerprint density at radius 3 is 2.78 bits per heavy atom. The maximum Gasteiger partial charge on any atom is 0.136 e. The van der Waals surface area contributed by atoms with Crippen LogP contribution in [0.15, 0.2) is 0 Å². The highest BCUT2D eigenvalue weighted by Gasteiger charge is 2.29. The summed E-state index contributed by atoms with van der Waals surface area (Å²) in [6.07, 6.45) is 4.74. The fraction of sp³-hybridized carbons (Fsp3) is 0.714. The Balaban J connectivity index is 2.14. The van der Waals surface area contributed by atoms with E-state index in [0.717, 1.165) is 36.9 Å². The first-order chi connectivity index (χ1) is 8.52. The topological polar surface area (TPSA) is 34.9 Å². The Labute approximate surface area is 114 Å². The van der Waals surface area contributed by atoms with Gasteiger partial charge in [0.1, 0.15) is 10.9 Å². The van der Waals surface area contributed by atoms with E-state index in [4.69, 9.17) is 11.6 Å². The Bertz CT molecular complexity index is 453. The molecule has 0 spiro atoms. The lowest BCUT2D eigenvalue weighted by molar-refractivity contribution is -0.125. The number of aryl methyl sites for hydroxylation is 2. The van der Waals surface area contributed by atoms with E-state index in [0.29, 0.717) is 16.9 Å². The number of rotatable bonds is 3. The number of carbonyl (C=O) groups is 1. The molecule has 1 heterocycles. The number of hydrogen-bond donors (Lipinski definition) is 0. The van der Waals surface area contributed by atoms with Crippen molar-refractivity contribution in [1.82, 2.24) is 9.78 Å². The second-order valence-corrected chi connectivity index (χ2v) is 5.75. The second kappa shape index (κ2) is 5.43. The Morgan fingerprint density at radius 2 is 2.22 bits per heavy atom. The van der Waals surface area contributed by atoms with Gasteiger partial charge in [-0.1, -0.05) is 24.9 Å². The highest BCUT2D eigenvalue weighted by molar-refractivity contribution is 6.30. The molecule has 1 aromatic heterocycles. The summed E-state index contributed by atoms with van der Waals surface area (Å²) in [7, 11) is 1.84. The van der Waals surface area contributed by atoms with Crippen molar-refractivity contribution in [2.45, 2.75) is 46.0 Å². The van der Waals surface area contributed by atoms with Gasteiger partial charge in [0.2, 0.25) is 0 Å². The maximum absolute atomic E-state index is 12.0. The molecule has 1 aliphatic carbocycles. The normalized spacial score (nSPS) is 24.6. The zero-order chi connectivity index (χ0) is 13.3. The molecule has 100 valence electrons. The molecule has 1 fully saturated rings. The van der Waals surface area contributed by atoms with Gasteiger partial charge in [0.25, 0.3) is 0 Å². The van der Waals surface area contributed by atoms with Crippen molar-refractivity contribution in [2.75, 3.05) is 0 Å². The molecule has 0 radical (unpaired) electrons. The first kappa shape index (κ1) is 13.6. The van der Waals surface area contributed by atoms with E-state index in [1.807, 2.05) is 14.0 Å². The van der Waals surface area contributed by atoms with E-state index in [1.54, 1.807) is 4.68 Å². The lowest BCUT2D eigenvalue weighted by Gasteiger charge is -2.27. The predicted octanol–water partition coefficient (Wildman–Crippen LogP) is 3.32. The second-order valence-electron chi connectivity index (χ2n) is 5.39. The van der Waals surface area contributed by atoms with E-state index >= 15 is 0 Å². The summed E-state index contributed by atoms with van der Waals surface area (Å²) in [5, 5.41) is 4.99. The number of aromatic nitrogens is 2. The first-order valence-corrected chi connectivity index (χ1v) is 7.11. The molecule has 0 aliphatic heterocycles. The summed E-state index contributed by atoms with van der Waals surface area (Å²) in [6.45, 7) is 4.17. The van der Waals surface area contributed by atoms with Crippen LogP contribution >= 0.6 is 11.6 Å². The van der Waals surface area contributed by atoms with Crippen LogP contribution in [0.5, 0.6) is 0 Å². The fourth-order valence-corrected chi connectivity index (χ4v) is 3.17. The maximum atomic E-state index is 12.0. The molecule has 0 bridgehead atoms. The number of hydrogen-bond acceptors (Lipinski definition) is 2. The average molecular weight is 269 g/mol. The largest absolute Gasteiger partial charge is 0.299 e. The van der Waals surface area contributed by atoms with Crippen LogP contribution in [-0.2, 0) is 18.3 Å². The van der Waals surface area contributed by atoms with Crippen LogP contribution in [0.4, 0.5) is 0 Å². The molecule has 18 heavy (non-hydrogen) atoms. The van der Waals surface area contributed by atoms with Gasteiger partial charge < -0.3 is 0 Å². The summed E-state index contributed by atoms with van der Waals surface area (Å²) in [5.74, 6) is 1.24. The fourth-order valence-electron chi connectivity index (χ4n) is 2.92. The van der Waals surface area contributed by atoms with Crippen molar-refractivity contribution in [3.05, 3.63) is 16.4 Å². The molecule has 4 heteroatoms. The number of nitrogens with zero attached hydrogens (tertiary/aromatic N) is 2. The van der Waals surface area contributed by atoms with Gasteiger partial charge in [-0.2, -0.15) is 5.10 Å². The third-order valence-electron chi connectivity index (χ3n) is 4.17. The van der Waals surface area contributed by atoms with Gasteiger partial charge in [0.15, 0.2) is 0 Å². The number of halogens is 1. The smallest absolute Gasteiger partial charge is 0.136 e. The minimum atomic E-state index is 0.143. The molecule has 3 nitrogen and oxygen atoms in total. The van der Waals surface area contributed by atoms with Crippen molar-refractivity contribution in [2.24, 2.45) is 18.9 Å². The molecular weight excluding hydrogens is 248 g/mol. The van der Waals surface area contributed by atoms with E-state index in [-0.39, 0.29) is 5.92 Å². The minimum absolute atomic E-state index is 0.143. The Hall–Kier alpha value is -0.830. The van der Waals surface area contributed by atoms with Crippen LogP contribution in [0, 0.1) is 18.8 Å². The van der Waals surface area contributed by atoms with Gasteiger partial charge in [0.05, 0.1) is 5.69 Å². The quantitative estimate of drug-likeness (QED) is 0.843. The van der Waals surface area contributed by atoms with Crippen molar-refractivity contribution in [1.29, 1.82) is 0 Å². The molecule has 1 aromatic rings. The molecular formula is C14H21ClN2O. The van der Waals surface area contributed by atoms with Gasteiger partial charge >= 0.3 is 0 Å². The first-order valence-electron chi connectivity index (χ1n) is 6.73. The van der Waals surface area contributed by atoms with E-state index in [1.165, 1.54) is 6.42 Å². The Kier molecular flexibility index (Phi) is 4.10. The van der Waals surface area contributed by atoms with E-state index < -0.39 is 0 Å². The standard InChI is InChI=1S/C14H21ClN2O/c1-4-10-5-6-13(18)11(7-10)8-12-9(2)16-17(3)14(12)15/h10-11H,4-8H2,1-3H3. The summed E-state index contributed by atoms with van der Waals surface area (Å²) < 4.78 is 1.69. The molecule has 0 N–H and O–H groups in total. The van der Waals surface area contributed by atoms with Crippen LogP contribution in [-0.4, -0.2) is 15.6 Å². The Morgan fingerprint density at radius 1 is 1.50 bits per heavy atom. The van der Waals surface area contributed by atoms with Crippen molar-refractivity contribution < 1.29 is 4.79 Å². The minimum Gasteiger partial charge on any atom is -0.299 e. The summed E-state index contributed by atoms with van der Waals surface area (Å²) in [6, 6.07) is 0. The lowest BCUT2D eigenvalue weighted by atomic mass is 9.77. The molecule has 2 rings (SSSR count). The van der Waals surface area contributed by atoms with Gasteiger partial charge in [0, 0.05) is 24.9 Å². The van der Waals surface area contributed by atoms with Crippen LogP contribution in [0.2, 0.25) is 5.15 Å². The molecule has 2 unspecified atom stereocenters. The van der Waals surface area contributed by atoms with E-state index in [9.17, 15) is 4.79 Å². The summed E-state index contributed by atoms with van der Waals surface area (Å²) in [4.78, 5) is 12.0. The van der Waals surface area contributed by atoms with Crippen LogP contribution in [0.25, 0.3) is 0 Å². The molecule has 2 atom stereocenters. The van der Waals surface area contributed by atoms with Gasteiger partial charge in [-0.3, -0.25) is 9.48 Å². The highest BCUT2D eigenvalue weighted by atomic mass is 35.5. The average Bonchev–Trinajstić information content (AvgIpc) is 2.58. The van der Waals surface area contributed by atoms with Crippen LogP contribution in [0.1, 0.15) is 43.9 Å². The molecule has 0 aromatic carbocycles. The zero-order valence-electron chi connectivity index (χ0n) is 11.4. The van der Waals surface area contributed by atoms with Crippen molar-refractivity contribution >= 4 is 17.4 Å². The summed E-state index contributed by atoms with van der Waals surface area (Å²) in [5.41, 5.74) is 2.00. The molecule has 1 aliphatic rings. The molecule has 0 saturated heterocycles. The molecule has 0 amide bonds. The number of ketones is 1. The predicted molar refractivity (Wildman–Crippen MR) is 72.8 cm³/mol. The highest BCUT2D eigenvalue weighted by Crippen LogP contribution is 2.32. The van der Waals surface area contributed by atoms with Crippen molar-refractivity contribution in [3.8, 4) is 0 Å². The third kappa shape index (κ3) is 2.61. The van der Waals surface area contributed by atoms with Crippen molar-refractivity contribution in [3.63, 3.8) is 0 Å². The van der Waals surface area contributed by atoms with Gasteiger partial charge in [-0.25, -0.2) is 0 Å². The monoisotopic (exact) mass is 268 g/mol. The number of Topliss-reactive ketones (excluding diaryl/α,β-unsaturated/α-hetero) is 1. The summed E-state index contributed by atoms with van der Waals surface area (Å²) >= 11 is 6.24.